The Morgan fingerprint density at radius 2 is 2.20 bits per heavy atom. The fourth-order valence-corrected chi connectivity index (χ4v) is 4.42. The molecule has 0 aromatic carbocycles. The molecule has 1 saturated heterocycles. The molecule has 5 heteroatoms. The Balaban J connectivity index is 1.79. The van der Waals surface area contributed by atoms with Gasteiger partial charge in [0.1, 0.15) is 0 Å². The molecule has 3 rings (SSSR count). The number of thiazole rings is 1. The van der Waals surface area contributed by atoms with Gasteiger partial charge in [0.05, 0.1) is 17.1 Å². The number of rotatable bonds is 3. The summed E-state index contributed by atoms with van der Waals surface area (Å²) in [5.41, 5.74) is 3.20. The van der Waals surface area contributed by atoms with E-state index in [1.165, 1.54) is 32.1 Å². The normalized spacial score (nSPS) is 26.7. The van der Waals surface area contributed by atoms with Gasteiger partial charge in [0.25, 0.3) is 0 Å². The van der Waals surface area contributed by atoms with Gasteiger partial charge in [-0.25, -0.2) is 4.98 Å². The summed E-state index contributed by atoms with van der Waals surface area (Å²) in [6.07, 6.45) is 8.22. The van der Waals surface area contributed by atoms with Crippen molar-refractivity contribution in [2.24, 2.45) is 5.92 Å². The Morgan fingerprint density at radius 1 is 1.40 bits per heavy atom. The second-order valence-electron chi connectivity index (χ2n) is 6.22. The highest BCUT2D eigenvalue weighted by molar-refractivity contribution is 7.07. The largest absolute Gasteiger partial charge is 0.481 e. The molecule has 1 aliphatic carbocycles. The van der Waals surface area contributed by atoms with Crippen LogP contribution in [0.15, 0.2) is 10.9 Å². The van der Waals surface area contributed by atoms with Crippen LogP contribution < -0.4 is 0 Å². The molecule has 1 N–H and O–H groups in total. The molecule has 4 nitrogen and oxygen atoms in total. The van der Waals surface area contributed by atoms with E-state index in [4.69, 9.17) is 0 Å². The van der Waals surface area contributed by atoms with E-state index in [9.17, 15) is 9.90 Å². The molecule has 0 radical (unpaired) electrons. The molecule has 2 aliphatic rings. The van der Waals surface area contributed by atoms with E-state index in [-0.39, 0.29) is 11.5 Å². The minimum atomic E-state index is -0.640. The second kappa shape index (κ2) is 5.82. The number of likely N-dealkylation sites (tertiary alicyclic amines) is 1. The summed E-state index contributed by atoms with van der Waals surface area (Å²) in [5.74, 6) is -0.847. The summed E-state index contributed by atoms with van der Waals surface area (Å²) in [6, 6.07) is 0. The monoisotopic (exact) mass is 294 g/mol. The molecule has 1 aromatic rings. The molecule has 1 atom stereocenters. The first-order valence-corrected chi connectivity index (χ1v) is 8.49. The third kappa shape index (κ3) is 2.74. The van der Waals surface area contributed by atoms with Crippen LogP contribution in [0.4, 0.5) is 0 Å². The highest BCUT2D eigenvalue weighted by Gasteiger charge is 2.43. The first-order valence-electron chi connectivity index (χ1n) is 7.55. The summed E-state index contributed by atoms with van der Waals surface area (Å²) in [7, 11) is 0. The molecular weight excluding hydrogens is 272 g/mol. The summed E-state index contributed by atoms with van der Waals surface area (Å²) in [4.78, 5) is 18.2. The maximum Gasteiger partial charge on any atom is 0.307 e. The SMILES string of the molecule is O=C(O)C1CCC2(CCCCC2)N(Cc2cscn2)C1. The quantitative estimate of drug-likeness (QED) is 0.930. The Kier molecular flexibility index (Phi) is 4.08. The maximum atomic E-state index is 11.3. The van der Waals surface area contributed by atoms with Crippen LogP contribution >= 0.6 is 11.3 Å². The average Bonchev–Trinajstić information content (AvgIpc) is 2.95. The zero-order valence-electron chi connectivity index (χ0n) is 11.8. The van der Waals surface area contributed by atoms with Gasteiger partial charge >= 0.3 is 5.97 Å². The van der Waals surface area contributed by atoms with Crippen molar-refractivity contribution in [2.45, 2.75) is 57.0 Å². The van der Waals surface area contributed by atoms with Gasteiger partial charge in [-0.1, -0.05) is 19.3 Å². The van der Waals surface area contributed by atoms with E-state index in [0.717, 1.165) is 25.1 Å². The molecule has 1 saturated carbocycles. The lowest BCUT2D eigenvalue weighted by molar-refractivity contribution is -0.146. The van der Waals surface area contributed by atoms with Crippen molar-refractivity contribution >= 4 is 17.3 Å². The van der Waals surface area contributed by atoms with E-state index >= 15 is 0 Å². The summed E-state index contributed by atoms with van der Waals surface area (Å²) in [5, 5.41) is 11.4. The number of aromatic nitrogens is 1. The predicted octanol–water partition coefficient (Wildman–Crippen LogP) is 3.14. The van der Waals surface area contributed by atoms with Gasteiger partial charge in [-0.3, -0.25) is 9.69 Å². The van der Waals surface area contributed by atoms with Gasteiger partial charge in [0, 0.05) is 24.0 Å². The molecule has 110 valence electrons. The van der Waals surface area contributed by atoms with Crippen molar-refractivity contribution in [1.82, 2.24) is 9.88 Å². The highest BCUT2D eigenvalue weighted by Crippen LogP contribution is 2.42. The second-order valence-corrected chi connectivity index (χ2v) is 6.94. The summed E-state index contributed by atoms with van der Waals surface area (Å²) >= 11 is 1.62. The van der Waals surface area contributed by atoms with Crippen molar-refractivity contribution in [3.05, 3.63) is 16.6 Å². The molecule has 1 spiro atoms. The number of carbonyl (C=O) groups is 1. The van der Waals surface area contributed by atoms with Gasteiger partial charge in [0.15, 0.2) is 0 Å². The molecule has 2 fully saturated rings. The zero-order chi connectivity index (χ0) is 14.0. The molecule has 0 bridgehead atoms. The number of carboxylic acid groups (broad SMARTS) is 1. The van der Waals surface area contributed by atoms with E-state index in [1.807, 2.05) is 5.51 Å². The standard InChI is InChI=1S/C15H22N2O2S/c18-14(19)12-4-7-15(5-2-1-3-6-15)17(8-12)9-13-10-20-11-16-13/h10-12H,1-9H2,(H,18,19). The Morgan fingerprint density at radius 3 is 2.85 bits per heavy atom. The van der Waals surface area contributed by atoms with E-state index < -0.39 is 5.97 Å². The van der Waals surface area contributed by atoms with Crippen molar-refractivity contribution in [2.75, 3.05) is 6.54 Å². The number of aliphatic carboxylic acids is 1. The van der Waals surface area contributed by atoms with Crippen molar-refractivity contribution in [1.29, 1.82) is 0 Å². The molecule has 0 amide bonds. The lowest BCUT2D eigenvalue weighted by atomic mass is 9.72. The third-order valence-corrected chi connectivity index (χ3v) is 5.67. The van der Waals surface area contributed by atoms with Crippen LogP contribution in [0.3, 0.4) is 0 Å². The fraction of sp³-hybridized carbons (Fsp3) is 0.733. The number of hydrogen-bond acceptors (Lipinski definition) is 4. The third-order valence-electron chi connectivity index (χ3n) is 5.04. The van der Waals surface area contributed by atoms with Gasteiger partial charge in [-0.15, -0.1) is 11.3 Å². The van der Waals surface area contributed by atoms with Crippen molar-refractivity contribution < 1.29 is 9.90 Å². The molecule has 1 aromatic heterocycles. The van der Waals surface area contributed by atoms with Crippen molar-refractivity contribution in [3.63, 3.8) is 0 Å². The number of piperidine rings is 1. The zero-order valence-corrected chi connectivity index (χ0v) is 12.6. The predicted molar refractivity (Wildman–Crippen MR) is 78.7 cm³/mol. The number of carboxylic acids is 1. The highest BCUT2D eigenvalue weighted by atomic mass is 32.1. The van der Waals surface area contributed by atoms with Crippen LogP contribution in [0.5, 0.6) is 0 Å². The first-order chi connectivity index (χ1) is 9.70. The fourth-order valence-electron chi connectivity index (χ4n) is 3.87. The van der Waals surface area contributed by atoms with Crippen LogP contribution in [-0.2, 0) is 11.3 Å². The molecule has 1 aliphatic heterocycles. The summed E-state index contributed by atoms with van der Waals surface area (Å²) < 4.78 is 0. The molecular formula is C15H22N2O2S. The molecule has 20 heavy (non-hydrogen) atoms. The van der Waals surface area contributed by atoms with Gasteiger partial charge < -0.3 is 5.11 Å². The van der Waals surface area contributed by atoms with Crippen LogP contribution in [0, 0.1) is 5.92 Å². The smallest absolute Gasteiger partial charge is 0.307 e. The van der Waals surface area contributed by atoms with Gasteiger partial charge in [-0.05, 0) is 25.7 Å². The van der Waals surface area contributed by atoms with Gasteiger partial charge in [-0.2, -0.15) is 0 Å². The van der Waals surface area contributed by atoms with Gasteiger partial charge in [0.2, 0.25) is 0 Å². The van der Waals surface area contributed by atoms with Crippen molar-refractivity contribution in [3.8, 4) is 0 Å². The van der Waals surface area contributed by atoms with Crippen LogP contribution in [-0.4, -0.2) is 33.0 Å². The van der Waals surface area contributed by atoms with Crippen LogP contribution in [0.2, 0.25) is 0 Å². The Hall–Kier alpha value is -0.940. The van der Waals surface area contributed by atoms with E-state index in [0.29, 0.717) is 6.54 Å². The Labute approximate surface area is 123 Å². The topological polar surface area (TPSA) is 53.4 Å². The Bertz CT molecular complexity index is 454. The van der Waals surface area contributed by atoms with E-state index in [1.54, 1.807) is 11.3 Å². The maximum absolute atomic E-state index is 11.3. The number of hydrogen-bond donors (Lipinski definition) is 1. The number of nitrogens with zero attached hydrogens (tertiary/aromatic N) is 2. The van der Waals surface area contributed by atoms with E-state index in [2.05, 4.69) is 15.3 Å². The average molecular weight is 294 g/mol. The first kappa shape index (κ1) is 14.0. The molecule has 1 unspecified atom stereocenters. The lowest BCUT2D eigenvalue weighted by Gasteiger charge is -2.51. The summed E-state index contributed by atoms with van der Waals surface area (Å²) in [6.45, 7) is 1.50. The van der Waals surface area contributed by atoms with Crippen LogP contribution in [0.1, 0.15) is 50.6 Å². The molecule has 2 heterocycles. The minimum Gasteiger partial charge on any atom is -0.481 e. The van der Waals surface area contributed by atoms with Crippen LogP contribution in [0.25, 0.3) is 0 Å². The lowest BCUT2D eigenvalue weighted by Crippen LogP contribution is -2.55. The minimum absolute atomic E-state index is 0.207.